The second kappa shape index (κ2) is 8.78. The molecule has 6 heteroatoms. The minimum Gasteiger partial charge on any atom is -0.497 e. The van der Waals surface area contributed by atoms with Gasteiger partial charge < -0.3 is 15.0 Å². The molecule has 2 heterocycles. The Hall–Kier alpha value is -2.34. The summed E-state index contributed by atoms with van der Waals surface area (Å²) in [6, 6.07) is 12.0. The van der Waals surface area contributed by atoms with Gasteiger partial charge in [-0.05, 0) is 55.3 Å². The Morgan fingerprint density at radius 3 is 2.64 bits per heavy atom. The number of carbonyl (C=O) groups excluding carboxylic acids is 2. The van der Waals surface area contributed by atoms with Crippen molar-refractivity contribution in [1.29, 1.82) is 0 Å². The summed E-state index contributed by atoms with van der Waals surface area (Å²) in [5, 5.41) is 5.19. The number of thiophene rings is 1. The number of nitrogens with zero attached hydrogens (tertiary/aromatic N) is 1. The predicted octanol–water partition coefficient (Wildman–Crippen LogP) is 3.95. The van der Waals surface area contributed by atoms with Crippen LogP contribution in [0.4, 0.5) is 0 Å². The summed E-state index contributed by atoms with van der Waals surface area (Å²) < 4.78 is 5.22. The smallest absolute Gasteiger partial charge is 0.222 e. The van der Waals surface area contributed by atoms with Crippen LogP contribution in [0.1, 0.15) is 49.1 Å². The molecule has 0 saturated carbocycles. The van der Waals surface area contributed by atoms with E-state index in [4.69, 9.17) is 4.74 Å². The topological polar surface area (TPSA) is 58.6 Å². The maximum Gasteiger partial charge on any atom is 0.222 e. The maximum atomic E-state index is 12.8. The molecule has 0 bridgehead atoms. The van der Waals surface area contributed by atoms with Gasteiger partial charge in [-0.3, -0.25) is 9.59 Å². The summed E-state index contributed by atoms with van der Waals surface area (Å²) in [6.07, 6.45) is 3.06. The average Bonchev–Trinajstić information content (AvgIpc) is 3.36. The van der Waals surface area contributed by atoms with Gasteiger partial charge in [-0.25, -0.2) is 0 Å². The first-order chi connectivity index (χ1) is 13.4. The average molecular weight is 401 g/mol. The molecular weight excluding hydrogens is 372 g/mol. The largest absolute Gasteiger partial charge is 0.497 e. The van der Waals surface area contributed by atoms with E-state index in [0.717, 1.165) is 24.2 Å². The van der Waals surface area contributed by atoms with Crippen molar-refractivity contribution in [2.45, 2.75) is 50.6 Å². The van der Waals surface area contributed by atoms with Crippen molar-refractivity contribution >= 4 is 23.2 Å². The quantitative estimate of drug-likeness (QED) is 0.730. The molecule has 0 aliphatic carbocycles. The molecule has 1 aliphatic rings. The minimum absolute atomic E-state index is 0.0585. The molecule has 1 aliphatic heterocycles. The highest BCUT2D eigenvalue weighted by Gasteiger charge is 2.38. The van der Waals surface area contributed by atoms with Gasteiger partial charge in [0.2, 0.25) is 11.8 Å². The molecule has 5 nitrogen and oxygen atoms in total. The Balaban J connectivity index is 1.65. The van der Waals surface area contributed by atoms with Gasteiger partial charge in [0, 0.05) is 30.3 Å². The molecule has 1 aromatic heterocycles. The molecular formula is C22H28N2O3S. The van der Waals surface area contributed by atoms with E-state index in [1.54, 1.807) is 18.4 Å². The lowest BCUT2D eigenvalue weighted by atomic mass is 9.85. The summed E-state index contributed by atoms with van der Waals surface area (Å²) in [7, 11) is 3.50. The van der Waals surface area contributed by atoms with Crippen LogP contribution in [0, 0.1) is 0 Å². The molecule has 1 fully saturated rings. The molecule has 150 valence electrons. The van der Waals surface area contributed by atoms with Gasteiger partial charge in [0.15, 0.2) is 0 Å². The number of amides is 2. The predicted molar refractivity (Wildman–Crippen MR) is 112 cm³/mol. The first-order valence-electron chi connectivity index (χ1n) is 9.65. The van der Waals surface area contributed by atoms with Crippen LogP contribution in [0.3, 0.4) is 0 Å². The van der Waals surface area contributed by atoms with E-state index in [1.807, 2.05) is 54.6 Å². The van der Waals surface area contributed by atoms with E-state index in [9.17, 15) is 9.59 Å². The van der Waals surface area contributed by atoms with Crippen molar-refractivity contribution < 1.29 is 14.3 Å². The highest BCUT2D eigenvalue weighted by Crippen LogP contribution is 2.31. The van der Waals surface area contributed by atoms with E-state index in [-0.39, 0.29) is 23.4 Å². The Kier molecular flexibility index (Phi) is 6.39. The molecule has 3 rings (SSSR count). The van der Waals surface area contributed by atoms with Crippen LogP contribution < -0.4 is 10.1 Å². The fourth-order valence-electron chi connectivity index (χ4n) is 3.77. The van der Waals surface area contributed by atoms with E-state index in [0.29, 0.717) is 19.3 Å². The molecule has 1 saturated heterocycles. The number of methoxy groups -OCH3 is 1. The van der Waals surface area contributed by atoms with E-state index in [1.165, 1.54) is 4.88 Å². The van der Waals surface area contributed by atoms with Crippen molar-refractivity contribution in [3.63, 3.8) is 0 Å². The van der Waals surface area contributed by atoms with Gasteiger partial charge in [0.25, 0.3) is 0 Å². The third kappa shape index (κ3) is 4.73. The highest BCUT2D eigenvalue weighted by molar-refractivity contribution is 7.10. The van der Waals surface area contributed by atoms with Crippen LogP contribution in [0.25, 0.3) is 0 Å². The Labute approximate surface area is 170 Å². The van der Waals surface area contributed by atoms with Gasteiger partial charge in [0.1, 0.15) is 5.75 Å². The van der Waals surface area contributed by atoms with Gasteiger partial charge in [-0.2, -0.15) is 0 Å². The fraction of sp³-hybridized carbons (Fsp3) is 0.455. The van der Waals surface area contributed by atoms with Gasteiger partial charge >= 0.3 is 0 Å². The van der Waals surface area contributed by atoms with E-state index < -0.39 is 0 Å². The zero-order valence-corrected chi connectivity index (χ0v) is 17.6. The molecule has 1 aromatic carbocycles. The van der Waals surface area contributed by atoms with Crippen molar-refractivity contribution in [3.8, 4) is 5.75 Å². The van der Waals surface area contributed by atoms with Crippen molar-refractivity contribution in [2.75, 3.05) is 14.2 Å². The van der Waals surface area contributed by atoms with Crippen LogP contribution in [0.2, 0.25) is 0 Å². The first kappa shape index (κ1) is 20.4. The number of hydrogen-bond donors (Lipinski definition) is 1. The lowest BCUT2D eigenvalue weighted by Gasteiger charge is -2.31. The Bertz CT molecular complexity index is 804. The molecule has 2 atom stereocenters. The monoisotopic (exact) mass is 400 g/mol. The highest BCUT2D eigenvalue weighted by atomic mass is 32.1. The van der Waals surface area contributed by atoms with E-state index in [2.05, 4.69) is 11.4 Å². The molecule has 1 N–H and O–H groups in total. The summed E-state index contributed by atoms with van der Waals surface area (Å²) in [6.45, 7) is 2.05. The Morgan fingerprint density at radius 1 is 1.32 bits per heavy atom. The number of benzene rings is 1. The normalized spacial score (nSPS) is 19.9. The lowest BCUT2D eigenvalue weighted by Crippen LogP contribution is -2.44. The second-order valence-corrected chi connectivity index (χ2v) is 8.53. The van der Waals surface area contributed by atoms with Crippen molar-refractivity contribution in [2.24, 2.45) is 0 Å². The number of hydrogen-bond acceptors (Lipinski definition) is 4. The number of nitrogens with one attached hydrogen (secondary N) is 1. The Morgan fingerprint density at radius 2 is 2.07 bits per heavy atom. The van der Waals surface area contributed by atoms with Crippen molar-refractivity contribution in [1.82, 2.24) is 10.2 Å². The van der Waals surface area contributed by atoms with Crippen molar-refractivity contribution in [3.05, 3.63) is 52.2 Å². The second-order valence-electron chi connectivity index (χ2n) is 7.55. The summed E-state index contributed by atoms with van der Waals surface area (Å²) in [5.74, 6) is 0.991. The molecule has 2 aromatic rings. The van der Waals surface area contributed by atoms with Crippen LogP contribution in [-0.2, 0) is 16.0 Å². The van der Waals surface area contributed by atoms with Crippen LogP contribution in [0.5, 0.6) is 5.75 Å². The summed E-state index contributed by atoms with van der Waals surface area (Å²) in [5.41, 5.74) is 0.782. The van der Waals surface area contributed by atoms with Gasteiger partial charge in [-0.15, -0.1) is 11.3 Å². The first-order valence-corrected chi connectivity index (χ1v) is 10.5. The zero-order chi connectivity index (χ0) is 20.1. The zero-order valence-electron chi connectivity index (χ0n) is 16.7. The van der Waals surface area contributed by atoms with Crippen LogP contribution in [0.15, 0.2) is 41.8 Å². The SMILES string of the molecule is COc1ccc(C[C@@]2(CCC(=O)N(C)[C@@H](C)c3cccs3)CCC(=O)N2)cc1. The van der Waals surface area contributed by atoms with Gasteiger partial charge in [-0.1, -0.05) is 18.2 Å². The minimum atomic E-state index is -0.353. The number of carbonyl (C=O) groups is 2. The van der Waals surface area contributed by atoms with Crippen LogP contribution >= 0.6 is 11.3 Å². The third-order valence-corrected chi connectivity index (χ3v) is 6.73. The molecule has 2 amide bonds. The lowest BCUT2D eigenvalue weighted by molar-refractivity contribution is -0.132. The van der Waals surface area contributed by atoms with E-state index >= 15 is 0 Å². The standard InChI is InChI=1S/C22H28N2O3S/c1-16(19-5-4-14-28-19)24(2)21(26)11-13-22(12-10-20(25)23-22)15-17-6-8-18(27-3)9-7-17/h4-9,14,16H,10-13,15H2,1-3H3,(H,23,25)/t16-,22-/m0/s1. The molecule has 0 radical (unpaired) electrons. The molecule has 28 heavy (non-hydrogen) atoms. The maximum absolute atomic E-state index is 12.8. The third-order valence-electron chi connectivity index (χ3n) is 5.68. The summed E-state index contributed by atoms with van der Waals surface area (Å²) in [4.78, 5) is 27.8. The summed E-state index contributed by atoms with van der Waals surface area (Å²) >= 11 is 1.66. The molecule has 0 spiro atoms. The number of rotatable bonds is 8. The number of ether oxygens (including phenoxy) is 1. The van der Waals surface area contributed by atoms with Gasteiger partial charge in [0.05, 0.1) is 13.2 Å². The fourth-order valence-corrected chi connectivity index (χ4v) is 4.60. The molecule has 0 unspecified atom stereocenters. The van der Waals surface area contributed by atoms with Crippen LogP contribution in [-0.4, -0.2) is 36.4 Å².